The molecule has 0 saturated carbocycles. The lowest BCUT2D eigenvalue weighted by Crippen LogP contribution is -2.41. The van der Waals surface area contributed by atoms with Crippen molar-refractivity contribution in [2.75, 3.05) is 0 Å². The smallest absolute Gasteiger partial charge is 0.399 e. The minimum absolute atomic E-state index is 0.00886. The number of pyridine rings is 6. The fraction of sp³-hybridized carbons (Fsp3) is 0.129. The number of nitrogens with zero attached hydrogens (tertiary/aromatic N) is 8. The Kier molecular flexibility index (Phi) is 28.8. The average Bonchev–Trinajstić information content (AvgIpc) is 1.61. The van der Waals surface area contributed by atoms with Crippen LogP contribution in [-0.4, -0.2) is 94.5 Å². The van der Waals surface area contributed by atoms with Gasteiger partial charge in [0.25, 0.3) is 54.4 Å². The van der Waals surface area contributed by atoms with Gasteiger partial charge in [-0.25, -0.2) is 66.1 Å². The van der Waals surface area contributed by atoms with Gasteiger partial charge in [-0.3, -0.25) is 28.8 Å². The minimum atomic E-state index is -3.95. The lowest BCUT2D eigenvalue weighted by Gasteiger charge is -2.32. The maximum atomic E-state index is 13.6. The number of amides is 3. The molecule has 1 aliphatic heterocycles. The van der Waals surface area contributed by atoms with Crippen LogP contribution < -0.4 is 37.4 Å². The average molecular weight is 2070 g/mol. The number of halogens is 10. The number of fused-ring (bicyclic) bond motifs is 3. The highest BCUT2D eigenvalue weighted by molar-refractivity contribution is 14.1. The van der Waals surface area contributed by atoms with Crippen LogP contribution in [0.25, 0.3) is 54.0 Å². The van der Waals surface area contributed by atoms with Gasteiger partial charge in [-0.15, -0.1) is 34.0 Å². The molecule has 18 rings (SSSR count). The highest BCUT2D eigenvalue weighted by atomic mass is 127. The van der Waals surface area contributed by atoms with E-state index in [-0.39, 0.29) is 71.4 Å². The standard InChI is InChI=1S/C31H21ClF2N4O4S2.C25H17ClF2N4O2S.C24H25BF2N2O4S.C13H8ClIN2O2S/c32-20-14-24-25(18-38(29(24)35-15-20)44(41,42)22-5-2-1-3-6-22)28-11-9-21(43-28)16-36-30(39)23-7-4-12-37(31(23)40)17-19-8-10-26(33)27(34)13-19;26-15-9-18-19(12-30-23(18)29-10-15)22-6-4-16(35-22)11-31-24(33)17-2-1-7-32(25(17)34)13-14-3-5-20(27)21(28)8-14;1-23(2)24(3,4)33-25(32-23)20-10-8-16(34-20)13-28-21(30)17-6-5-11-29(22(17)31)14-15-7-9-18(26)19(27)12-15;14-9-6-11-12(15)8-17(13(11)16-7-9)20(18,19)10-4-2-1-3-5-10/h1-15,18H,16-17H2,(H,36,39);1-10,12H,11,13H2,(H,29,30)(H,31,33);5-12H,13-14H2,1-4H3,(H,28,30);1-8H. The maximum absolute atomic E-state index is 13.6. The number of benzene rings is 5. The normalized spacial score (nSPS) is 12.8. The number of carbonyl (C=O) groups excluding carboxylic acids is 3. The molecule has 1 saturated heterocycles. The predicted octanol–water partition coefficient (Wildman–Crippen LogP) is 18.4. The zero-order valence-electron chi connectivity index (χ0n) is 69.9. The molecule has 3 amide bonds. The van der Waals surface area contributed by atoms with Gasteiger partial charge in [-0.05, 0) is 213 Å². The molecule has 12 aromatic heterocycles. The van der Waals surface area contributed by atoms with E-state index in [1.807, 2.05) is 64.2 Å². The summed E-state index contributed by atoms with van der Waals surface area (Å²) < 4.78 is 152. The molecule has 0 atom stereocenters. The molecule has 13 heterocycles. The van der Waals surface area contributed by atoms with Crippen molar-refractivity contribution in [3.05, 3.63) is 395 Å². The summed E-state index contributed by atoms with van der Waals surface area (Å²) in [6.45, 7) is 8.50. The Morgan fingerprint density at radius 2 is 0.820 bits per heavy atom. The highest BCUT2D eigenvalue weighted by Crippen LogP contribution is 2.40. The molecule has 24 nitrogen and oxygen atoms in total. The summed E-state index contributed by atoms with van der Waals surface area (Å²) in [4.78, 5) is 97.4. The molecule has 40 heteroatoms. The number of rotatable bonds is 22. The molecule has 0 radical (unpaired) electrons. The SMILES string of the molecule is CC1(C)OB(c2ccc(CNC(=O)c3cccn(Cc4ccc(F)c(F)c4)c3=O)s2)OC1(C)C.O=C(NCc1ccc(-c2c[nH]c3ncc(Cl)cc23)s1)c1cccn(Cc2ccc(F)c(F)c2)c1=O.O=C(NCc1ccc(-c2cn(S(=O)(=O)c3ccccc3)c3ncc(Cl)cc23)s1)c1cccn(Cc2ccc(F)c(F)c2)c1=O.O=S(=O)(c1ccccc1)n1cc(I)c2cc(Cl)cnc21. The Balaban J connectivity index is 0.000000139. The summed E-state index contributed by atoms with van der Waals surface area (Å²) in [5, 5.41) is 11.8. The second-order valence-electron chi connectivity index (χ2n) is 30.8. The summed E-state index contributed by atoms with van der Waals surface area (Å²) in [6, 6.07) is 51.9. The summed E-state index contributed by atoms with van der Waals surface area (Å²) in [5.74, 6) is -7.57. The molecule has 0 aliphatic carbocycles. The van der Waals surface area contributed by atoms with Crippen molar-refractivity contribution in [2.24, 2.45) is 0 Å². The van der Waals surface area contributed by atoms with Crippen LogP contribution in [0.5, 0.6) is 0 Å². The number of H-pyrrole nitrogens is 1. The van der Waals surface area contributed by atoms with Crippen molar-refractivity contribution in [3.63, 3.8) is 0 Å². The number of hydrogen-bond acceptors (Lipinski definition) is 18. The van der Waals surface area contributed by atoms with Crippen LogP contribution in [0.4, 0.5) is 26.3 Å². The van der Waals surface area contributed by atoms with Crippen LogP contribution in [-0.2, 0) is 68.6 Å². The second-order valence-corrected chi connectivity index (χ2v) is 40.5. The van der Waals surface area contributed by atoms with E-state index in [9.17, 15) is 71.9 Å². The van der Waals surface area contributed by atoms with Crippen LogP contribution >= 0.6 is 91.4 Å². The number of nitrogens with one attached hydrogen (secondary N) is 4. The number of aromatic nitrogens is 9. The maximum Gasteiger partial charge on any atom is 0.505 e. The number of hydrogen-bond donors (Lipinski definition) is 4. The molecule has 0 spiro atoms. The van der Waals surface area contributed by atoms with Gasteiger partial charge in [0, 0.05) is 116 Å². The van der Waals surface area contributed by atoms with E-state index in [1.54, 1.807) is 97.3 Å². The Bertz CT molecular complexity index is 7770. The van der Waals surface area contributed by atoms with Gasteiger partial charge in [0.2, 0.25) is 0 Å². The van der Waals surface area contributed by atoms with Gasteiger partial charge in [-0.2, -0.15) is 0 Å². The largest absolute Gasteiger partial charge is 0.505 e. The fourth-order valence-electron chi connectivity index (χ4n) is 13.8. The third-order valence-corrected chi connectivity index (χ3v) is 29.5. The van der Waals surface area contributed by atoms with Crippen molar-refractivity contribution < 1.29 is 66.9 Å². The number of carbonyl (C=O) groups is 3. The summed E-state index contributed by atoms with van der Waals surface area (Å²) in [6.07, 6.45) is 13.8. The zero-order valence-corrected chi connectivity index (χ0v) is 78.5. The van der Waals surface area contributed by atoms with Gasteiger partial charge in [0.1, 0.15) is 22.3 Å². The van der Waals surface area contributed by atoms with E-state index in [1.165, 1.54) is 143 Å². The molecular formula is C93H71BCl3F6IN12O12S5. The molecular weight excluding hydrogens is 2000 g/mol. The third kappa shape index (κ3) is 21.5. The van der Waals surface area contributed by atoms with Crippen molar-refractivity contribution in [1.29, 1.82) is 0 Å². The van der Waals surface area contributed by atoms with Crippen molar-refractivity contribution in [1.82, 2.24) is 57.5 Å². The first kappa shape index (κ1) is 95.2. The Labute approximate surface area is 795 Å². The Hall–Kier alpha value is -12.4. The van der Waals surface area contributed by atoms with E-state index >= 15 is 0 Å². The predicted molar refractivity (Wildman–Crippen MR) is 510 cm³/mol. The number of thiophene rings is 3. The van der Waals surface area contributed by atoms with Crippen LogP contribution in [0.1, 0.15) is 90.1 Å². The van der Waals surface area contributed by atoms with Gasteiger partial charge >= 0.3 is 7.12 Å². The fourth-order valence-corrected chi connectivity index (χ4v) is 20.7. The molecule has 133 heavy (non-hydrogen) atoms. The molecule has 678 valence electrons. The van der Waals surface area contributed by atoms with Crippen molar-refractivity contribution in [2.45, 2.75) is 88.0 Å². The third-order valence-electron chi connectivity index (χ3n) is 21.3. The minimum Gasteiger partial charge on any atom is -0.399 e. The van der Waals surface area contributed by atoms with Gasteiger partial charge in [-0.1, -0.05) is 95.5 Å². The van der Waals surface area contributed by atoms with Crippen LogP contribution in [0, 0.1) is 38.5 Å². The van der Waals surface area contributed by atoms with E-state index in [4.69, 9.17) is 44.1 Å². The van der Waals surface area contributed by atoms with E-state index < -0.39 is 108 Å². The summed E-state index contributed by atoms with van der Waals surface area (Å²) >= 11 is 24.6. The van der Waals surface area contributed by atoms with Gasteiger partial charge in [0.15, 0.2) is 46.2 Å². The van der Waals surface area contributed by atoms with E-state index in [0.717, 1.165) is 95.1 Å². The first-order valence-electron chi connectivity index (χ1n) is 40.1. The van der Waals surface area contributed by atoms with Crippen LogP contribution in [0.15, 0.2) is 286 Å². The second kappa shape index (κ2) is 40.2. The molecule has 5 aromatic carbocycles. The highest BCUT2D eigenvalue weighted by Gasteiger charge is 2.52. The molecule has 0 unspecified atom stereocenters. The summed E-state index contributed by atoms with van der Waals surface area (Å²) in [5.41, 5.74) is 1.38. The topological polar surface area (TPSA) is 304 Å². The van der Waals surface area contributed by atoms with Gasteiger partial charge < -0.3 is 43.9 Å². The van der Waals surface area contributed by atoms with Crippen LogP contribution in [0.2, 0.25) is 15.1 Å². The number of aromatic amines is 1. The Morgan fingerprint density at radius 1 is 0.444 bits per heavy atom. The first-order valence-corrected chi connectivity index (χ1v) is 47.6. The zero-order chi connectivity index (χ0) is 94.5. The van der Waals surface area contributed by atoms with Crippen LogP contribution in [0.3, 0.4) is 0 Å². The first-order chi connectivity index (χ1) is 63.5. The Morgan fingerprint density at radius 3 is 1.25 bits per heavy atom. The lowest BCUT2D eigenvalue weighted by molar-refractivity contribution is 0.00578. The van der Waals surface area contributed by atoms with Crippen molar-refractivity contribution >= 4 is 174 Å². The molecule has 1 aliphatic rings. The molecule has 0 bridgehead atoms. The summed E-state index contributed by atoms with van der Waals surface area (Å²) in [7, 11) is -8.08. The molecule has 4 N–H and O–H groups in total. The van der Waals surface area contributed by atoms with E-state index in [0.29, 0.717) is 48.4 Å². The molecule has 17 aromatic rings. The monoisotopic (exact) mass is 2060 g/mol. The van der Waals surface area contributed by atoms with E-state index in [2.05, 4.69) is 58.5 Å². The quantitative estimate of drug-likeness (QED) is 0.0278. The van der Waals surface area contributed by atoms with Crippen molar-refractivity contribution in [3.8, 4) is 20.9 Å². The molecule has 1 fully saturated rings. The lowest BCUT2D eigenvalue weighted by atomic mass is 9.88. The van der Waals surface area contributed by atoms with Gasteiger partial charge in [0.05, 0.1) is 75.3 Å².